The van der Waals surface area contributed by atoms with E-state index in [0.29, 0.717) is 5.38 Å². The van der Waals surface area contributed by atoms with Crippen molar-refractivity contribution in [2.75, 3.05) is 0 Å². The SMILES string of the molecule is CC1CCC(Cl)C(CCC2CCCC2)C1. The summed E-state index contributed by atoms with van der Waals surface area (Å²) in [6.45, 7) is 2.39. The average Bonchev–Trinajstić information content (AvgIpc) is 2.72. The van der Waals surface area contributed by atoms with Gasteiger partial charge in [-0.25, -0.2) is 0 Å². The first-order valence-corrected chi connectivity index (χ1v) is 7.33. The van der Waals surface area contributed by atoms with Gasteiger partial charge in [-0.1, -0.05) is 39.0 Å². The van der Waals surface area contributed by atoms with E-state index in [4.69, 9.17) is 11.6 Å². The first kappa shape index (κ1) is 11.8. The molecule has 0 aromatic heterocycles. The second-order valence-corrected chi connectivity index (χ2v) is 6.48. The third-order valence-electron chi connectivity index (χ3n) is 4.57. The van der Waals surface area contributed by atoms with Gasteiger partial charge in [-0.15, -0.1) is 11.6 Å². The van der Waals surface area contributed by atoms with Crippen molar-refractivity contribution in [2.24, 2.45) is 17.8 Å². The van der Waals surface area contributed by atoms with Gasteiger partial charge in [0.2, 0.25) is 0 Å². The summed E-state index contributed by atoms with van der Waals surface area (Å²) < 4.78 is 0. The van der Waals surface area contributed by atoms with E-state index in [9.17, 15) is 0 Å². The van der Waals surface area contributed by atoms with Crippen molar-refractivity contribution >= 4 is 11.6 Å². The van der Waals surface area contributed by atoms with Crippen LogP contribution in [0.5, 0.6) is 0 Å². The molecule has 2 aliphatic carbocycles. The lowest BCUT2D eigenvalue weighted by atomic mass is 9.78. The minimum Gasteiger partial charge on any atom is -0.123 e. The molecule has 88 valence electrons. The van der Waals surface area contributed by atoms with Gasteiger partial charge in [0.1, 0.15) is 0 Å². The molecule has 0 N–H and O–H groups in total. The van der Waals surface area contributed by atoms with Gasteiger partial charge in [0, 0.05) is 5.38 Å². The lowest BCUT2D eigenvalue weighted by Crippen LogP contribution is -2.24. The molecule has 0 nitrogen and oxygen atoms in total. The summed E-state index contributed by atoms with van der Waals surface area (Å²) in [5.74, 6) is 2.80. The van der Waals surface area contributed by atoms with E-state index in [1.165, 1.54) is 57.8 Å². The number of alkyl halides is 1. The van der Waals surface area contributed by atoms with Crippen LogP contribution in [-0.2, 0) is 0 Å². The van der Waals surface area contributed by atoms with Gasteiger partial charge in [0.05, 0.1) is 0 Å². The third kappa shape index (κ3) is 3.37. The molecule has 2 rings (SSSR count). The smallest absolute Gasteiger partial charge is 0.0364 e. The van der Waals surface area contributed by atoms with Gasteiger partial charge < -0.3 is 0 Å². The molecular weight excluding hydrogens is 204 g/mol. The molecule has 0 saturated heterocycles. The highest BCUT2D eigenvalue weighted by Crippen LogP contribution is 2.38. The molecule has 0 aliphatic heterocycles. The Bertz CT molecular complexity index is 184. The maximum atomic E-state index is 6.43. The molecule has 3 unspecified atom stereocenters. The van der Waals surface area contributed by atoms with E-state index in [2.05, 4.69) is 6.92 Å². The normalized spacial score (nSPS) is 38.4. The van der Waals surface area contributed by atoms with Gasteiger partial charge >= 0.3 is 0 Å². The second-order valence-electron chi connectivity index (χ2n) is 5.92. The summed E-state index contributed by atoms with van der Waals surface area (Å²) in [5.41, 5.74) is 0. The minimum absolute atomic E-state index is 0.489. The monoisotopic (exact) mass is 228 g/mol. The van der Waals surface area contributed by atoms with Gasteiger partial charge in [-0.2, -0.15) is 0 Å². The Balaban J connectivity index is 1.72. The quantitative estimate of drug-likeness (QED) is 0.597. The molecule has 0 spiro atoms. The molecule has 3 atom stereocenters. The van der Waals surface area contributed by atoms with Gasteiger partial charge in [-0.05, 0) is 43.4 Å². The van der Waals surface area contributed by atoms with E-state index in [0.717, 1.165) is 17.8 Å². The minimum atomic E-state index is 0.489. The predicted octanol–water partition coefficient (Wildman–Crippen LogP) is 5.00. The fourth-order valence-corrected chi connectivity index (χ4v) is 3.86. The van der Waals surface area contributed by atoms with E-state index in [1.807, 2.05) is 0 Å². The molecule has 0 aromatic carbocycles. The number of rotatable bonds is 3. The molecule has 0 heterocycles. The molecule has 0 aromatic rings. The Kier molecular flexibility index (Phi) is 4.37. The zero-order valence-corrected chi connectivity index (χ0v) is 10.8. The van der Waals surface area contributed by atoms with Crippen LogP contribution in [0, 0.1) is 17.8 Å². The van der Waals surface area contributed by atoms with Gasteiger partial charge in [0.25, 0.3) is 0 Å². The van der Waals surface area contributed by atoms with Crippen molar-refractivity contribution in [1.29, 1.82) is 0 Å². The Morgan fingerprint density at radius 3 is 2.47 bits per heavy atom. The van der Waals surface area contributed by atoms with Crippen LogP contribution in [0.15, 0.2) is 0 Å². The molecule has 0 bridgehead atoms. The summed E-state index contributed by atoms with van der Waals surface area (Å²) in [6, 6.07) is 0. The summed E-state index contributed by atoms with van der Waals surface area (Å²) in [6.07, 6.45) is 12.8. The van der Waals surface area contributed by atoms with Crippen LogP contribution in [0.25, 0.3) is 0 Å². The Labute approximate surface area is 99.8 Å². The first-order valence-electron chi connectivity index (χ1n) is 6.89. The topological polar surface area (TPSA) is 0 Å². The predicted molar refractivity (Wildman–Crippen MR) is 67.3 cm³/mol. The van der Waals surface area contributed by atoms with E-state index >= 15 is 0 Å². The van der Waals surface area contributed by atoms with Crippen LogP contribution in [-0.4, -0.2) is 5.38 Å². The highest BCUT2D eigenvalue weighted by Gasteiger charge is 2.27. The first-order chi connectivity index (χ1) is 7.25. The van der Waals surface area contributed by atoms with Crippen LogP contribution in [0.3, 0.4) is 0 Å². The van der Waals surface area contributed by atoms with E-state index in [-0.39, 0.29) is 0 Å². The molecular formula is C14H25Cl. The maximum Gasteiger partial charge on any atom is 0.0364 e. The maximum absolute atomic E-state index is 6.43. The summed E-state index contributed by atoms with van der Waals surface area (Å²) >= 11 is 6.43. The van der Waals surface area contributed by atoms with Crippen molar-refractivity contribution in [3.8, 4) is 0 Å². The van der Waals surface area contributed by atoms with Gasteiger partial charge in [-0.3, -0.25) is 0 Å². The largest absolute Gasteiger partial charge is 0.123 e. The Morgan fingerprint density at radius 1 is 1.00 bits per heavy atom. The molecule has 2 aliphatic rings. The van der Waals surface area contributed by atoms with Crippen LogP contribution < -0.4 is 0 Å². The standard InChI is InChI=1S/C14H25Cl/c1-11-6-9-14(15)13(10-11)8-7-12-4-2-3-5-12/h11-14H,2-10H2,1H3. The molecule has 0 radical (unpaired) electrons. The fourth-order valence-electron chi connectivity index (χ4n) is 3.51. The third-order valence-corrected chi connectivity index (χ3v) is 5.15. The highest BCUT2D eigenvalue weighted by atomic mass is 35.5. The van der Waals surface area contributed by atoms with Crippen LogP contribution in [0.2, 0.25) is 0 Å². The van der Waals surface area contributed by atoms with E-state index in [1.54, 1.807) is 0 Å². The summed E-state index contributed by atoms with van der Waals surface area (Å²) in [7, 11) is 0. The highest BCUT2D eigenvalue weighted by molar-refractivity contribution is 6.20. The molecule has 2 saturated carbocycles. The fraction of sp³-hybridized carbons (Fsp3) is 1.00. The van der Waals surface area contributed by atoms with Crippen molar-refractivity contribution in [3.05, 3.63) is 0 Å². The Morgan fingerprint density at radius 2 is 1.73 bits per heavy atom. The molecule has 2 fully saturated rings. The molecule has 15 heavy (non-hydrogen) atoms. The average molecular weight is 229 g/mol. The second kappa shape index (κ2) is 5.57. The van der Waals surface area contributed by atoms with Crippen molar-refractivity contribution < 1.29 is 0 Å². The van der Waals surface area contributed by atoms with Gasteiger partial charge in [0.15, 0.2) is 0 Å². The van der Waals surface area contributed by atoms with Crippen molar-refractivity contribution in [1.82, 2.24) is 0 Å². The van der Waals surface area contributed by atoms with Crippen molar-refractivity contribution in [3.63, 3.8) is 0 Å². The van der Waals surface area contributed by atoms with Crippen molar-refractivity contribution in [2.45, 2.75) is 70.1 Å². The number of halogens is 1. The lowest BCUT2D eigenvalue weighted by Gasteiger charge is -2.31. The van der Waals surface area contributed by atoms with Crippen LogP contribution >= 0.6 is 11.6 Å². The summed E-state index contributed by atoms with van der Waals surface area (Å²) in [5, 5.41) is 0.489. The molecule has 0 amide bonds. The van der Waals surface area contributed by atoms with Crippen LogP contribution in [0.1, 0.15) is 64.7 Å². The molecule has 1 heteroatoms. The number of hydrogen-bond donors (Lipinski definition) is 0. The lowest BCUT2D eigenvalue weighted by molar-refractivity contribution is 0.258. The Hall–Kier alpha value is 0.290. The zero-order chi connectivity index (χ0) is 10.7. The zero-order valence-electron chi connectivity index (χ0n) is 10.1. The number of hydrogen-bond acceptors (Lipinski definition) is 0. The van der Waals surface area contributed by atoms with E-state index < -0.39 is 0 Å². The van der Waals surface area contributed by atoms with Crippen LogP contribution in [0.4, 0.5) is 0 Å². The summed E-state index contributed by atoms with van der Waals surface area (Å²) in [4.78, 5) is 0.